The largest absolute Gasteiger partial charge is 0.492 e. The quantitative estimate of drug-likeness (QED) is 0.160. The van der Waals surface area contributed by atoms with Crippen molar-refractivity contribution < 1.29 is 22.7 Å². The topological polar surface area (TPSA) is 96.0 Å². The average Bonchev–Trinajstić information content (AvgIpc) is 3.02. The Hall–Kier alpha value is -4.05. The fourth-order valence-electron chi connectivity index (χ4n) is 5.03. The van der Waals surface area contributed by atoms with E-state index in [-0.39, 0.29) is 41.8 Å². The summed E-state index contributed by atoms with van der Waals surface area (Å²) in [5, 5.41) is 3.85. The van der Waals surface area contributed by atoms with Gasteiger partial charge in [-0.2, -0.15) is 0 Å². The van der Waals surface area contributed by atoms with Crippen LogP contribution in [0.25, 0.3) is 0 Å². The highest BCUT2D eigenvalue weighted by molar-refractivity contribution is 7.92. The van der Waals surface area contributed by atoms with Crippen LogP contribution in [0.3, 0.4) is 0 Å². The van der Waals surface area contributed by atoms with Gasteiger partial charge in [-0.25, -0.2) is 8.42 Å². The van der Waals surface area contributed by atoms with Crippen LogP contribution in [0.15, 0.2) is 108 Å². The second-order valence-corrected chi connectivity index (χ2v) is 14.7. The fraction of sp³-hybridized carbons (Fsp3) is 0.278. The summed E-state index contributed by atoms with van der Waals surface area (Å²) >= 11 is 12.4. The Kier molecular flexibility index (Phi) is 12.0. The lowest BCUT2D eigenvalue weighted by molar-refractivity contribution is -0.140. The minimum Gasteiger partial charge on any atom is -0.492 e. The summed E-state index contributed by atoms with van der Waals surface area (Å²) in [6.07, 6.45) is 0.189. The molecule has 0 spiro atoms. The number of para-hydroxylation sites is 2. The van der Waals surface area contributed by atoms with E-state index in [4.69, 9.17) is 27.9 Å². The monoisotopic (exact) mass is 695 g/mol. The molecular formula is C36H39Cl2N3O5S. The molecule has 0 saturated carbocycles. The van der Waals surface area contributed by atoms with Gasteiger partial charge in [0.1, 0.15) is 18.3 Å². The molecule has 4 aromatic rings. The smallest absolute Gasteiger partial charge is 0.264 e. The van der Waals surface area contributed by atoms with E-state index >= 15 is 0 Å². The summed E-state index contributed by atoms with van der Waals surface area (Å²) in [5.74, 6) is -0.689. The minimum atomic E-state index is -4.33. The van der Waals surface area contributed by atoms with E-state index in [9.17, 15) is 18.0 Å². The van der Waals surface area contributed by atoms with Crippen molar-refractivity contribution in [3.05, 3.63) is 124 Å². The molecule has 0 unspecified atom stereocenters. The van der Waals surface area contributed by atoms with Crippen molar-refractivity contribution in [3.8, 4) is 5.75 Å². The normalized spacial score (nSPS) is 12.2. The number of hydrogen-bond donors (Lipinski definition) is 1. The molecule has 0 radical (unpaired) electrons. The summed E-state index contributed by atoms with van der Waals surface area (Å²) in [4.78, 5) is 30.0. The number of carbonyl (C=O) groups is 2. The fourth-order valence-corrected chi connectivity index (χ4v) is 6.79. The Labute approximate surface area is 287 Å². The van der Waals surface area contributed by atoms with Gasteiger partial charge >= 0.3 is 0 Å². The van der Waals surface area contributed by atoms with E-state index in [0.29, 0.717) is 15.6 Å². The highest BCUT2D eigenvalue weighted by Gasteiger charge is 2.36. The number of amides is 2. The predicted molar refractivity (Wildman–Crippen MR) is 187 cm³/mol. The first kappa shape index (κ1) is 35.8. The van der Waals surface area contributed by atoms with E-state index in [1.54, 1.807) is 55.5 Å². The molecule has 11 heteroatoms. The van der Waals surface area contributed by atoms with Gasteiger partial charge in [-0.1, -0.05) is 77.8 Å². The highest BCUT2D eigenvalue weighted by atomic mass is 35.5. The maximum absolute atomic E-state index is 14.7. The molecule has 0 saturated heterocycles. The summed E-state index contributed by atoms with van der Waals surface area (Å²) in [6.45, 7) is 7.01. The lowest BCUT2D eigenvalue weighted by Gasteiger charge is -2.35. The molecule has 0 aliphatic heterocycles. The van der Waals surface area contributed by atoms with Crippen LogP contribution in [0.4, 0.5) is 5.69 Å². The third-order valence-electron chi connectivity index (χ3n) is 7.13. The van der Waals surface area contributed by atoms with Gasteiger partial charge in [-0.15, -0.1) is 0 Å². The Morgan fingerprint density at radius 2 is 1.47 bits per heavy atom. The van der Waals surface area contributed by atoms with E-state index in [2.05, 4.69) is 5.32 Å². The number of hydrogen-bond acceptors (Lipinski definition) is 5. The number of rotatable bonds is 13. The first-order valence-electron chi connectivity index (χ1n) is 15.2. The van der Waals surface area contributed by atoms with E-state index in [1.807, 2.05) is 51.1 Å². The van der Waals surface area contributed by atoms with Gasteiger partial charge in [-0.3, -0.25) is 13.9 Å². The third-order valence-corrected chi connectivity index (χ3v) is 9.39. The molecule has 47 heavy (non-hydrogen) atoms. The molecular weight excluding hydrogens is 657 g/mol. The Morgan fingerprint density at radius 1 is 0.830 bits per heavy atom. The van der Waals surface area contributed by atoms with Crippen LogP contribution >= 0.6 is 23.2 Å². The van der Waals surface area contributed by atoms with Crippen molar-refractivity contribution in [2.45, 2.75) is 57.1 Å². The van der Waals surface area contributed by atoms with Crippen molar-refractivity contribution in [3.63, 3.8) is 0 Å². The molecule has 8 nitrogen and oxygen atoms in total. The first-order valence-corrected chi connectivity index (χ1v) is 17.4. The lowest BCUT2D eigenvalue weighted by atomic mass is 10.0. The summed E-state index contributed by atoms with van der Waals surface area (Å²) in [7, 11) is -4.33. The predicted octanol–water partition coefficient (Wildman–Crippen LogP) is 7.14. The molecule has 0 bridgehead atoms. The minimum absolute atomic E-state index is 0.00358. The number of benzene rings is 4. The van der Waals surface area contributed by atoms with Crippen LogP contribution in [0.5, 0.6) is 5.75 Å². The van der Waals surface area contributed by atoms with Crippen molar-refractivity contribution in [1.29, 1.82) is 0 Å². The summed E-state index contributed by atoms with van der Waals surface area (Å²) in [5.41, 5.74) is 1.09. The van der Waals surface area contributed by atoms with E-state index in [1.165, 1.54) is 29.2 Å². The summed E-state index contributed by atoms with van der Waals surface area (Å²) in [6, 6.07) is 27.7. The molecule has 2 amide bonds. The second kappa shape index (κ2) is 15.7. The lowest BCUT2D eigenvalue weighted by Crippen LogP contribution is -2.56. The maximum Gasteiger partial charge on any atom is 0.264 e. The van der Waals surface area contributed by atoms with Crippen LogP contribution in [0, 0.1) is 0 Å². The molecule has 4 rings (SSSR count). The van der Waals surface area contributed by atoms with Gasteiger partial charge in [0.05, 0.1) is 17.2 Å². The molecule has 0 fully saturated rings. The van der Waals surface area contributed by atoms with Crippen molar-refractivity contribution in [2.75, 3.05) is 17.5 Å². The second-order valence-electron chi connectivity index (χ2n) is 12.0. The standard InChI is InChI=1S/C36H39Cl2N3O5S/c1-5-46-33-17-10-9-16-31(33)41(47(44,45)30-20-18-28(37)19-21-30)25-34(42)40(24-27-14-11-15-29(38)22-27)32(35(43)39-36(2,3)4)23-26-12-7-6-8-13-26/h6-22,32H,5,23-25H2,1-4H3,(H,39,43)/t32-/m1/s1. The molecule has 0 aliphatic carbocycles. The number of nitrogens with one attached hydrogen (secondary N) is 1. The zero-order valence-electron chi connectivity index (χ0n) is 26.8. The van der Waals surface area contributed by atoms with Crippen LogP contribution in [0.2, 0.25) is 10.0 Å². The number of carbonyl (C=O) groups excluding carboxylic acids is 2. The van der Waals surface area contributed by atoms with Gasteiger partial charge in [0.2, 0.25) is 11.8 Å². The number of nitrogens with zero attached hydrogens (tertiary/aromatic N) is 2. The van der Waals surface area contributed by atoms with Crippen LogP contribution in [0.1, 0.15) is 38.8 Å². The number of sulfonamides is 1. The van der Waals surface area contributed by atoms with Crippen LogP contribution in [-0.2, 0) is 32.6 Å². The first-order chi connectivity index (χ1) is 22.3. The van der Waals surface area contributed by atoms with Gasteiger partial charge in [-0.05, 0) is 87.4 Å². The van der Waals surface area contributed by atoms with Crippen molar-refractivity contribution >= 4 is 50.7 Å². The Balaban J connectivity index is 1.85. The molecule has 0 aliphatic rings. The van der Waals surface area contributed by atoms with E-state index < -0.39 is 34.1 Å². The maximum atomic E-state index is 14.7. The van der Waals surface area contributed by atoms with Crippen LogP contribution < -0.4 is 14.4 Å². The highest BCUT2D eigenvalue weighted by Crippen LogP contribution is 2.33. The molecule has 1 atom stereocenters. The Bertz CT molecular complexity index is 1780. The summed E-state index contributed by atoms with van der Waals surface area (Å²) < 4.78 is 35.4. The van der Waals surface area contributed by atoms with Gasteiger partial charge in [0.25, 0.3) is 10.0 Å². The molecule has 4 aromatic carbocycles. The molecule has 248 valence electrons. The molecule has 0 heterocycles. The number of anilines is 1. The van der Waals surface area contributed by atoms with E-state index in [0.717, 1.165) is 9.87 Å². The van der Waals surface area contributed by atoms with Gasteiger partial charge in [0, 0.05) is 28.5 Å². The zero-order valence-corrected chi connectivity index (χ0v) is 29.1. The average molecular weight is 697 g/mol. The SMILES string of the molecule is CCOc1ccccc1N(CC(=O)N(Cc1cccc(Cl)c1)[C@H](Cc1ccccc1)C(=O)NC(C)(C)C)S(=O)(=O)c1ccc(Cl)cc1. The number of ether oxygens (including phenoxy) is 1. The van der Waals surface area contributed by atoms with Crippen LogP contribution in [-0.4, -0.2) is 49.9 Å². The Morgan fingerprint density at radius 3 is 2.11 bits per heavy atom. The van der Waals surface area contributed by atoms with Crippen molar-refractivity contribution in [2.24, 2.45) is 0 Å². The molecule has 0 aromatic heterocycles. The zero-order chi connectivity index (χ0) is 34.2. The van der Waals surface area contributed by atoms with Gasteiger partial charge in [0.15, 0.2) is 0 Å². The van der Waals surface area contributed by atoms with Gasteiger partial charge < -0.3 is 15.0 Å². The third kappa shape index (κ3) is 9.73. The van der Waals surface area contributed by atoms with Crippen molar-refractivity contribution in [1.82, 2.24) is 10.2 Å². The number of halogens is 2. The molecule has 1 N–H and O–H groups in total.